The molecule has 1 amide bonds. The van der Waals surface area contributed by atoms with Gasteiger partial charge in [0.1, 0.15) is 19.8 Å². The second-order valence-electron chi connectivity index (χ2n) is 13.5. The number of pyridine rings is 1. The fourth-order valence-corrected chi connectivity index (χ4v) is 6.92. The quantitative estimate of drug-likeness (QED) is 0.134. The van der Waals surface area contributed by atoms with Crippen LogP contribution in [-0.4, -0.2) is 54.7 Å². The molecule has 1 N–H and O–H groups in total. The van der Waals surface area contributed by atoms with Crippen LogP contribution in [-0.2, 0) is 24.6 Å². The lowest BCUT2D eigenvalue weighted by Gasteiger charge is -2.33. The third kappa shape index (κ3) is 9.67. The number of hydrogen-bond donors (Lipinski definition) is 1. The highest BCUT2D eigenvalue weighted by Gasteiger charge is 2.28. The van der Waals surface area contributed by atoms with E-state index in [0.29, 0.717) is 37.5 Å². The lowest BCUT2D eigenvalue weighted by Crippen LogP contribution is -2.46. The number of benzene rings is 4. The number of carbonyl (C=O) groups is 1. The number of ether oxygens (including phenoxy) is 3. The Kier molecular flexibility index (Phi) is 11.4. The molecular formula is C43H46N4O4. The summed E-state index contributed by atoms with van der Waals surface area (Å²) < 4.78 is 17.8. The summed E-state index contributed by atoms with van der Waals surface area (Å²) >= 11 is 0. The maximum absolute atomic E-state index is 12.3. The normalized spacial score (nSPS) is 16.5. The second kappa shape index (κ2) is 17.1. The fourth-order valence-electron chi connectivity index (χ4n) is 6.92. The van der Waals surface area contributed by atoms with E-state index in [1.165, 1.54) is 12.1 Å². The minimum atomic E-state index is -0.327. The summed E-state index contributed by atoms with van der Waals surface area (Å²) in [6.07, 6.45) is 2.75. The van der Waals surface area contributed by atoms with Crippen LogP contribution in [0.25, 0.3) is 11.1 Å². The van der Waals surface area contributed by atoms with Crippen molar-refractivity contribution in [1.82, 2.24) is 15.2 Å². The minimum Gasteiger partial charge on any atom is -0.473 e. The SMILES string of the molecule is O=C(NC1CCN(CC2CCN(c3ccc(-c4ccc(OCc5ccccc5)nc4OCc4ccccc4)cc3)C2)CC1)OCc1ccccc1. The summed E-state index contributed by atoms with van der Waals surface area (Å²) in [5.41, 5.74) is 6.40. The second-order valence-corrected chi connectivity index (χ2v) is 13.5. The van der Waals surface area contributed by atoms with Gasteiger partial charge in [-0.1, -0.05) is 103 Å². The number of alkyl carbamates (subject to hydrolysis) is 1. The Balaban J connectivity index is 0.911. The van der Waals surface area contributed by atoms with Crippen molar-refractivity contribution < 1.29 is 19.0 Å². The number of likely N-dealkylation sites (tertiary alicyclic amines) is 1. The largest absolute Gasteiger partial charge is 0.473 e. The van der Waals surface area contributed by atoms with Gasteiger partial charge in [0, 0.05) is 56.1 Å². The van der Waals surface area contributed by atoms with Gasteiger partial charge in [0.15, 0.2) is 0 Å². The van der Waals surface area contributed by atoms with Crippen molar-refractivity contribution in [3.05, 3.63) is 144 Å². The first-order valence-electron chi connectivity index (χ1n) is 18.0. The Morgan fingerprint density at radius 3 is 1.92 bits per heavy atom. The summed E-state index contributed by atoms with van der Waals surface area (Å²) in [6, 6.07) is 42.9. The number of amides is 1. The van der Waals surface area contributed by atoms with E-state index in [0.717, 1.165) is 73.4 Å². The van der Waals surface area contributed by atoms with Crippen LogP contribution in [0.4, 0.5) is 10.5 Å². The molecule has 3 heterocycles. The highest BCUT2D eigenvalue weighted by atomic mass is 16.5. The Labute approximate surface area is 301 Å². The van der Waals surface area contributed by atoms with Crippen LogP contribution in [0.15, 0.2) is 127 Å². The number of hydrogen-bond acceptors (Lipinski definition) is 7. The summed E-state index contributed by atoms with van der Waals surface area (Å²) in [4.78, 5) is 22.2. The Hall–Kier alpha value is -5.34. The Morgan fingerprint density at radius 2 is 1.27 bits per heavy atom. The molecule has 262 valence electrons. The Morgan fingerprint density at radius 1 is 0.667 bits per heavy atom. The van der Waals surface area contributed by atoms with Crippen LogP contribution in [0.1, 0.15) is 36.0 Å². The molecule has 0 radical (unpaired) electrons. The molecule has 7 rings (SSSR count). The number of nitrogens with zero attached hydrogens (tertiary/aromatic N) is 3. The number of aromatic nitrogens is 1. The molecule has 0 spiro atoms. The fraction of sp³-hybridized carbons (Fsp3) is 0.302. The van der Waals surface area contributed by atoms with E-state index in [9.17, 15) is 4.79 Å². The van der Waals surface area contributed by atoms with Gasteiger partial charge in [-0.25, -0.2) is 4.79 Å². The van der Waals surface area contributed by atoms with Crippen molar-refractivity contribution in [2.45, 2.75) is 45.1 Å². The third-order valence-corrected chi connectivity index (χ3v) is 9.75. The first kappa shape index (κ1) is 34.1. The zero-order valence-electron chi connectivity index (χ0n) is 29.0. The zero-order chi connectivity index (χ0) is 34.7. The number of carbonyl (C=O) groups excluding carboxylic acids is 1. The number of nitrogens with one attached hydrogen (secondary N) is 1. The van der Waals surface area contributed by atoms with E-state index in [2.05, 4.69) is 51.5 Å². The van der Waals surface area contributed by atoms with Gasteiger partial charge >= 0.3 is 6.09 Å². The molecule has 2 saturated heterocycles. The molecule has 2 aliphatic heterocycles. The van der Waals surface area contributed by atoms with Gasteiger partial charge in [-0.3, -0.25) is 0 Å². The molecule has 0 aliphatic carbocycles. The van der Waals surface area contributed by atoms with E-state index in [1.807, 2.05) is 91.0 Å². The Bertz CT molecular complexity index is 1810. The number of anilines is 1. The van der Waals surface area contributed by atoms with Crippen molar-refractivity contribution in [2.24, 2.45) is 5.92 Å². The lowest BCUT2D eigenvalue weighted by atomic mass is 10.0. The molecule has 2 fully saturated rings. The van der Waals surface area contributed by atoms with Crippen molar-refractivity contribution in [3.8, 4) is 22.9 Å². The average molecular weight is 683 g/mol. The molecule has 8 nitrogen and oxygen atoms in total. The van der Waals surface area contributed by atoms with E-state index in [-0.39, 0.29) is 12.1 Å². The van der Waals surface area contributed by atoms with E-state index in [4.69, 9.17) is 19.2 Å². The monoisotopic (exact) mass is 682 g/mol. The standard InChI is InChI=1S/C43H46N4O4/c48-43(51-32-35-14-8-3-9-15-35)44-38-23-25-46(26-24-38)28-36-22-27-47(29-36)39-18-16-37(17-19-39)40-20-21-41(49-30-33-10-4-1-5-11-33)45-42(40)50-31-34-12-6-2-7-13-34/h1-21,36,38H,22-32H2,(H,44,48). The maximum atomic E-state index is 12.3. The molecule has 51 heavy (non-hydrogen) atoms. The topological polar surface area (TPSA) is 76.2 Å². The van der Waals surface area contributed by atoms with Crippen molar-refractivity contribution >= 4 is 11.8 Å². The predicted octanol–water partition coefficient (Wildman–Crippen LogP) is 8.12. The van der Waals surface area contributed by atoms with Gasteiger partial charge < -0.3 is 29.3 Å². The van der Waals surface area contributed by atoms with Gasteiger partial charge in [0.25, 0.3) is 0 Å². The first-order chi connectivity index (χ1) is 25.1. The van der Waals surface area contributed by atoms with E-state index < -0.39 is 0 Å². The van der Waals surface area contributed by atoms with Crippen LogP contribution in [0.5, 0.6) is 11.8 Å². The summed E-state index contributed by atoms with van der Waals surface area (Å²) in [6.45, 7) is 6.34. The third-order valence-electron chi connectivity index (χ3n) is 9.75. The molecule has 1 unspecified atom stereocenters. The van der Waals surface area contributed by atoms with Crippen LogP contribution in [0, 0.1) is 5.92 Å². The van der Waals surface area contributed by atoms with Gasteiger partial charge in [-0.15, -0.1) is 0 Å². The maximum Gasteiger partial charge on any atom is 0.407 e. The van der Waals surface area contributed by atoms with E-state index >= 15 is 0 Å². The molecule has 5 aromatic rings. The highest BCUT2D eigenvalue weighted by Crippen LogP contribution is 2.34. The minimum absolute atomic E-state index is 0.167. The number of piperidine rings is 1. The predicted molar refractivity (Wildman–Crippen MR) is 201 cm³/mol. The van der Waals surface area contributed by atoms with Gasteiger partial charge in [-0.2, -0.15) is 4.98 Å². The molecule has 8 heteroatoms. The van der Waals surface area contributed by atoms with Crippen LogP contribution in [0.2, 0.25) is 0 Å². The summed E-state index contributed by atoms with van der Waals surface area (Å²) in [7, 11) is 0. The molecule has 0 bridgehead atoms. The van der Waals surface area contributed by atoms with Crippen molar-refractivity contribution in [2.75, 3.05) is 37.6 Å². The summed E-state index contributed by atoms with van der Waals surface area (Å²) in [5, 5.41) is 3.07. The smallest absolute Gasteiger partial charge is 0.407 e. The van der Waals surface area contributed by atoms with Gasteiger partial charge in [0.05, 0.1) is 0 Å². The van der Waals surface area contributed by atoms with Crippen LogP contribution >= 0.6 is 0 Å². The van der Waals surface area contributed by atoms with Crippen LogP contribution < -0.4 is 19.7 Å². The van der Waals surface area contributed by atoms with Crippen molar-refractivity contribution in [3.63, 3.8) is 0 Å². The van der Waals surface area contributed by atoms with Crippen molar-refractivity contribution in [1.29, 1.82) is 0 Å². The molecule has 4 aromatic carbocycles. The highest BCUT2D eigenvalue weighted by molar-refractivity contribution is 5.71. The van der Waals surface area contributed by atoms with Gasteiger partial charge in [-0.05, 0) is 65.6 Å². The number of rotatable bonds is 13. The molecule has 0 saturated carbocycles. The molecule has 1 aromatic heterocycles. The summed E-state index contributed by atoms with van der Waals surface area (Å²) in [5.74, 6) is 1.71. The molecule has 1 atom stereocenters. The van der Waals surface area contributed by atoms with E-state index in [1.54, 1.807) is 0 Å². The lowest BCUT2D eigenvalue weighted by molar-refractivity contribution is 0.124. The zero-order valence-corrected chi connectivity index (χ0v) is 29.0. The first-order valence-corrected chi connectivity index (χ1v) is 18.0. The average Bonchev–Trinajstić information content (AvgIpc) is 3.66. The van der Waals surface area contributed by atoms with Gasteiger partial charge in [0.2, 0.25) is 11.8 Å². The molecular weight excluding hydrogens is 636 g/mol. The molecule has 2 aliphatic rings. The van der Waals surface area contributed by atoms with Crippen LogP contribution in [0.3, 0.4) is 0 Å².